The van der Waals surface area contributed by atoms with Crippen molar-refractivity contribution in [1.29, 1.82) is 0 Å². The average molecular weight is 364 g/mol. The van der Waals surface area contributed by atoms with Gasteiger partial charge in [-0.1, -0.05) is 18.2 Å². The van der Waals surface area contributed by atoms with Gasteiger partial charge in [-0.15, -0.1) is 0 Å². The van der Waals surface area contributed by atoms with Crippen molar-refractivity contribution in [3.05, 3.63) is 48.9 Å². The molecule has 1 aliphatic heterocycles. The molecule has 3 aromatic rings. The van der Waals surface area contributed by atoms with E-state index in [1.54, 1.807) is 24.3 Å². The summed E-state index contributed by atoms with van der Waals surface area (Å²) in [4.78, 5) is 38.2. The van der Waals surface area contributed by atoms with Crippen molar-refractivity contribution in [1.82, 2.24) is 20.3 Å². The highest BCUT2D eigenvalue weighted by molar-refractivity contribution is 6.39. The Morgan fingerprint density at radius 2 is 1.96 bits per heavy atom. The predicted molar refractivity (Wildman–Crippen MR) is 102 cm³/mol. The largest absolute Gasteiger partial charge is 0.354 e. The van der Waals surface area contributed by atoms with Crippen LogP contribution < -0.4 is 15.5 Å². The molecule has 1 aliphatic rings. The Labute approximate surface area is 156 Å². The van der Waals surface area contributed by atoms with Crippen molar-refractivity contribution in [2.75, 3.05) is 23.3 Å². The van der Waals surface area contributed by atoms with Crippen LogP contribution in [0.15, 0.2) is 48.9 Å². The fourth-order valence-electron chi connectivity index (χ4n) is 3.36. The number of rotatable bonds is 3. The molecular weight excluding hydrogens is 344 g/mol. The minimum absolute atomic E-state index is 0.114. The molecule has 0 spiro atoms. The molecule has 0 radical (unpaired) electrons. The number of aromatic amines is 1. The van der Waals surface area contributed by atoms with Crippen LogP contribution in [-0.2, 0) is 9.59 Å². The first kappa shape index (κ1) is 17.0. The number of piperidine rings is 1. The summed E-state index contributed by atoms with van der Waals surface area (Å²) in [6.07, 6.45) is 5.09. The van der Waals surface area contributed by atoms with Crippen molar-refractivity contribution >= 4 is 34.4 Å². The lowest BCUT2D eigenvalue weighted by molar-refractivity contribution is -0.136. The molecule has 2 aromatic heterocycles. The zero-order valence-electron chi connectivity index (χ0n) is 14.7. The molecule has 0 bridgehead atoms. The molecule has 3 heterocycles. The number of carbonyl (C=O) groups excluding carboxylic acids is 2. The van der Waals surface area contributed by atoms with Crippen LogP contribution >= 0.6 is 0 Å². The molecule has 0 aliphatic carbocycles. The molecule has 3 N–H and O–H groups in total. The number of benzene rings is 1. The highest BCUT2D eigenvalue weighted by Gasteiger charge is 2.26. The van der Waals surface area contributed by atoms with Crippen molar-refractivity contribution in [3.8, 4) is 0 Å². The van der Waals surface area contributed by atoms with Gasteiger partial charge >= 0.3 is 11.8 Å². The van der Waals surface area contributed by atoms with Crippen LogP contribution in [-0.4, -0.2) is 45.9 Å². The van der Waals surface area contributed by atoms with Crippen molar-refractivity contribution in [2.24, 2.45) is 0 Å². The van der Waals surface area contributed by atoms with Gasteiger partial charge in [-0.3, -0.25) is 9.59 Å². The number of anilines is 2. The van der Waals surface area contributed by atoms with Crippen LogP contribution in [0.2, 0.25) is 0 Å². The van der Waals surface area contributed by atoms with E-state index in [1.165, 1.54) is 6.33 Å². The van der Waals surface area contributed by atoms with Gasteiger partial charge in [-0.05, 0) is 31.0 Å². The lowest BCUT2D eigenvalue weighted by atomic mass is 10.1. The van der Waals surface area contributed by atoms with Crippen LogP contribution in [0, 0.1) is 0 Å². The van der Waals surface area contributed by atoms with E-state index >= 15 is 0 Å². The first-order valence-corrected chi connectivity index (χ1v) is 8.90. The first-order valence-electron chi connectivity index (χ1n) is 8.90. The van der Waals surface area contributed by atoms with Crippen LogP contribution in [0.1, 0.15) is 12.8 Å². The number of carbonyl (C=O) groups is 2. The highest BCUT2D eigenvalue weighted by atomic mass is 16.2. The molecule has 0 saturated carbocycles. The number of hydrogen-bond acceptors (Lipinski definition) is 5. The predicted octanol–water partition coefficient (Wildman–Crippen LogP) is 1.68. The Balaban J connectivity index is 1.40. The van der Waals surface area contributed by atoms with E-state index in [4.69, 9.17) is 0 Å². The van der Waals surface area contributed by atoms with Crippen molar-refractivity contribution in [3.63, 3.8) is 0 Å². The molecule has 27 heavy (non-hydrogen) atoms. The standard InChI is InChI=1S/C19H20N6O2/c26-18(23-13-5-2-1-3-6-13)19(27)24-14-7-4-10-25(11-14)17-15-8-9-20-16(15)21-12-22-17/h1-3,5-6,8-9,12,14H,4,7,10-11H2,(H,23,26)(H,24,27)(H,20,21,22). The number of hydrogen-bond donors (Lipinski definition) is 3. The summed E-state index contributed by atoms with van der Waals surface area (Å²) in [7, 11) is 0. The van der Waals surface area contributed by atoms with Gasteiger partial charge in [0.15, 0.2) is 0 Å². The van der Waals surface area contributed by atoms with Gasteiger partial charge in [-0.25, -0.2) is 9.97 Å². The van der Waals surface area contributed by atoms with Gasteiger partial charge in [0.1, 0.15) is 17.8 Å². The number of aromatic nitrogens is 3. The number of fused-ring (bicyclic) bond motifs is 1. The fourth-order valence-corrected chi connectivity index (χ4v) is 3.36. The molecule has 1 fully saturated rings. The molecular formula is C19H20N6O2. The molecule has 2 amide bonds. The molecule has 8 heteroatoms. The number of para-hydroxylation sites is 1. The van der Waals surface area contributed by atoms with Gasteiger partial charge in [-0.2, -0.15) is 0 Å². The average Bonchev–Trinajstić information content (AvgIpc) is 3.18. The number of H-pyrrole nitrogens is 1. The molecule has 138 valence electrons. The third kappa shape index (κ3) is 3.74. The lowest BCUT2D eigenvalue weighted by Crippen LogP contribution is -2.50. The molecule has 1 atom stereocenters. The van der Waals surface area contributed by atoms with Crippen LogP contribution in [0.4, 0.5) is 11.5 Å². The topological polar surface area (TPSA) is 103 Å². The summed E-state index contributed by atoms with van der Waals surface area (Å²) in [6.45, 7) is 1.45. The third-order valence-electron chi connectivity index (χ3n) is 4.63. The van der Waals surface area contributed by atoms with Crippen LogP contribution in [0.3, 0.4) is 0 Å². The van der Waals surface area contributed by atoms with Gasteiger partial charge < -0.3 is 20.5 Å². The summed E-state index contributed by atoms with van der Waals surface area (Å²) in [5.41, 5.74) is 1.38. The quantitative estimate of drug-likeness (QED) is 0.614. The second-order valence-corrected chi connectivity index (χ2v) is 6.52. The number of nitrogens with one attached hydrogen (secondary N) is 3. The van der Waals surface area contributed by atoms with E-state index in [1.807, 2.05) is 18.3 Å². The molecule has 4 rings (SSSR count). The third-order valence-corrected chi connectivity index (χ3v) is 4.63. The minimum Gasteiger partial charge on any atom is -0.354 e. The summed E-state index contributed by atoms with van der Waals surface area (Å²) in [5, 5.41) is 6.39. The molecule has 8 nitrogen and oxygen atoms in total. The van der Waals surface area contributed by atoms with E-state index < -0.39 is 11.8 Å². The van der Waals surface area contributed by atoms with Gasteiger partial charge in [0.05, 0.1) is 5.39 Å². The Kier molecular flexibility index (Phi) is 4.69. The van der Waals surface area contributed by atoms with E-state index in [-0.39, 0.29) is 6.04 Å². The Morgan fingerprint density at radius 3 is 2.81 bits per heavy atom. The smallest absolute Gasteiger partial charge is 0.313 e. The maximum absolute atomic E-state index is 12.3. The summed E-state index contributed by atoms with van der Waals surface area (Å²) < 4.78 is 0. The molecule has 1 saturated heterocycles. The second-order valence-electron chi connectivity index (χ2n) is 6.52. The van der Waals surface area contributed by atoms with E-state index in [9.17, 15) is 9.59 Å². The van der Waals surface area contributed by atoms with Gasteiger partial charge in [0.2, 0.25) is 0 Å². The van der Waals surface area contributed by atoms with E-state index in [0.717, 1.165) is 36.2 Å². The summed E-state index contributed by atoms with van der Waals surface area (Å²) >= 11 is 0. The van der Waals surface area contributed by atoms with Gasteiger partial charge in [0.25, 0.3) is 0 Å². The fraction of sp³-hybridized carbons (Fsp3) is 0.263. The van der Waals surface area contributed by atoms with Crippen molar-refractivity contribution in [2.45, 2.75) is 18.9 Å². The maximum Gasteiger partial charge on any atom is 0.313 e. The molecule has 1 aromatic carbocycles. The monoisotopic (exact) mass is 364 g/mol. The van der Waals surface area contributed by atoms with Crippen LogP contribution in [0.5, 0.6) is 0 Å². The van der Waals surface area contributed by atoms with Crippen LogP contribution in [0.25, 0.3) is 11.0 Å². The van der Waals surface area contributed by atoms with E-state index in [2.05, 4.69) is 30.5 Å². The normalized spacial score (nSPS) is 16.9. The Hall–Kier alpha value is -3.42. The zero-order chi connectivity index (χ0) is 18.6. The lowest BCUT2D eigenvalue weighted by Gasteiger charge is -2.34. The Morgan fingerprint density at radius 1 is 1.11 bits per heavy atom. The SMILES string of the molecule is O=C(Nc1ccccc1)C(=O)NC1CCCN(c2ncnc3[nH]ccc23)C1. The van der Waals surface area contributed by atoms with Gasteiger partial charge in [0, 0.05) is 31.0 Å². The summed E-state index contributed by atoms with van der Waals surface area (Å²) in [6, 6.07) is 10.8. The number of amides is 2. The van der Waals surface area contributed by atoms with Crippen molar-refractivity contribution < 1.29 is 9.59 Å². The maximum atomic E-state index is 12.3. The number of nitrogens with zero attached hydrogens (tertiary/aromatic N) is 3. The summed E-state index contributed by atoms with van der Waals surface area (Å²) in [5.74, 6) is -0.442. The first-order chi connectivity index (χ1) is 13.2. The Bertz CT molecular complexity index is 955. The second kappa shape index (κ2) is 7.45. The van der Waals surface area contributed by atoms with E-state index in [0.29, 0.717) is 12.2 Å². The minimum atomic E-state index is -0.659. The molecule has 1 unspecified atom stereocenters. The zero-order valence-corrected chi connectivity index (χ0v) is 14.7. The highest BCUT2D eigenvalue weighted by Crippen LogP contribution is 2.25.